The topological polar surface area (TPSA) is 55.8 Å². The Labute approximate surface area is 146 Å². The molecule has 0 aromatic heterocycles. The summed E-state index contributed by atoms with van der Waals surface area (Å²) in [7, 11) is 0. The molecule has 2 aromatic carbocycles. The highest BCUT2D eigenvalue weighted by Gasteiger charge is 2.32. The van der Waals surface area contributed by atoms with Crippen molar-refractivity contribution in [3.63, 3.8) is 0 Å². The first kappa shape index (κ1) is 17.3. The maximum absolute atomic E-state index is 13.9. The normalized spacial score (nSPS) is 16.0. The minimum Gasteiger partial charge on any atom is -0.489 e. The minimum atomic E-state index is -0.872. The zero-order valence-electron chi connectivity index (χ0n) is 14.5. The molecule has 0 radical (unpaired) electrons. The number of hydrogen-bond donors (Lipinski definition) is 1. The average molecular weight is 344 g/mol. The van der Waals surface area contributed by atoms with Crippen LogP contribution in [-0.2, 0) is 17.8 Å². The zero-order chi connectivity index (χ0) is 18.2. The number of rotatable bonds is 5. The zero-order valence-corrected chi connectivity index (χ0v) is 14.5. The van der Waals surface area contributed by atoms with Crippen LogP contribution < -0.4 is 9.47 Å². The first-order valence-electron chi connectivity index (χ1n) is 8.21. The summed E-state index contributed by atoms with van der Waals surface area (Å²) in [6.45, 7) is 5.76. The molecule has 0 saturated carbocycles. The second-order valence-electron chi connectivity index (χ2n) is 7.01. The van der Waals surface area contributed by atoms with Crippen LogP contribution in [0.2, 0.25) is 0 Å². The standard InChI is InChI=1S/C20H21FO4/c1-12(19(22)23)13-4-6-17(7-5-13)24-11-15-9-16(21)8-14-10-20(2,3)25-18(14)15/h4-9,12H,10-11H2,1-3H3,(H,22,23). The van der Waals surface area contributed by atoms with Crippen molar-refractivity contribution >= 4 is 5.97 Å². The first-order chi connectivity index (χ1) is 11.7. The summed E-state index contributed by atoms with van der Waals surface area (Å²) in [6, 6.07) is 9.84. The van der Waals surface area contributed by atoms with E-state index in [2.05, 4.69) is 0 Å². The van der Waals surface area contributed by atoms with Gasteiger partial charge >= 0.3 is 5.97 Å². The van der Waals surface area contributed by atoms with Gasteiger partial charge in [0.15, 0.2) is 0 Å². The highest BCUT2D eigenvalue weighted by molar-refractivity contribution is 5.75. The van der Waals surface area contributed by atoms with E-state index in [9.17, 15) is 9.18 Å². The third kappa shape index (κ3) is 3.76. The number of halogens is 1. The molecular weight excluding hydrogens is 323 g/mol. The molecule has 4 nitrogen and oxygen atoms in total. The van der Waals surface area contributed by atoms with Crippen molar-refractivity contribution < 1.29 is 23.8 Å². The second-order valence-corrected chi connectivity index (χ2v) is 7.01. The van der Waals surface area contributed by atoms with E-state index in [1.807, 2.05) is 13.8 Å². The van der Waals surface area contributed by atoms with Crippen molar-refractivity contribution in [1.82, 2.24) is 0 Å². The van der Waals surface area contributed by atoms with Crippen LogP contribution in [0.15, 0.2) is 36.4 Å². The minimum absolute atomic E-state index is 0.185. The lowest BCUT2D eigenvalue weighted by Crippen LogP contribution is -2.25. The molecule has 0 spiro atoms. The van der Waals surface area contributed by atoms with Crippen LogP contribution in [0.5, 0.6) is 11.5 Å². The maximum atomic E-state index is 13.9. The fraction of sp³-hybridized carbons (Fsp3) is 0.350. The van der Waals surface area contributed by atoms with E-state index in [0.717, 1.165) is 5.56 Å². The van der Waals surface area contributed by atoms with Gasteiger partial charge in [-0.25, -0.2) is 4.39 Å². The molecule has 1 aliphatic heterocycles. The molecule has 132 valence electrons. The van der Waals surface area contributed by atoms with Crippen LogP contribution in [-0.4, -0.2) is 16.7 Å². The predicted molar refractivity (Wildman–Crippen MR) is 91.6 cm³/mol. The van der Waals surface area contributed by atoms with Crippen LogP contribution in [0, 0.1) is 5.82 Å². The van der Waals surface area contributed by atoms with E-state index in [-0.39, 0.29) is 18.0 Å². The molecular formula is C20H21FO4. The Hall–Kier alpha value is -2.56. The maximum Gasteiger partial charge on any atom is 0.310 e. The Morgan fingerprint density at radius 1 is 1.32 bits per heavy atom. The molecule has 0 aliphatic carbocycles. The predicted octanol–water partition coefficient (Wildman–Crippen LogP) is 4.31. The van der Waals surface area contributed by atoms with E-state index in [1.54, 1.807) is 31.2 Å². The third-order valence-electron chi connectivity index (χ3n) is 4.35. The summed E-state index contributed by atoms with van der Waals surface area (Å²) >= 11 is 0. The van der Waals surface area contributed by atoms with Gasteiger partial charge in [0.25, 0.3) is 0 Å². The van der Waals surface area contributed by atoms with Gasteiger partial charge in [0.05, 0.1) is 5.92 Å². The summed E-state index contributed by atoms with van der Waals surface area (Å²) < 4.78 is 25.5. The van der Waals surface area contributed by atoms with Gasteiger partial charge in [0.1, 0.15) is 29.5 Å². The molecule has 1 heterocycles. The van der Waals surface area contributed by atoms with Crippen LogP contribution in [0.25, 0.3) is 0 Å². The van der Waals surface area contributed by atoms with Gasteiger partial charge in [-0.2, -0.15) is 0 Å². The molecule has 0 amide bonds. The first-order valence-corrected chi connectivity index (χ1v) is 8.21. The second kappa shape index (κ2) is 6.39. The van der Waals surface area contributed by atoms with E-state index in [1.165, 1.54) is 12.1 Å². The Morgan fingerprint density at radius 3 is 2.64 bits per heavy atom. The van der Waals surface area contributed by atoms with Crippen molar-refractivity contribution in [3.05, 3.63) is 58.9 Å². The molecule has 1 unspecified atom stereocenters. The van der Waals surface area contributed by atoms with E-state index < -0.39 is 11.9 Å². The third-order valence-corrected chi connectivity index (χ3v) is 4.35. The van der Waals surface area contributed by atoms with Crippen LogP contribution in [0.4, 0.5) is 4.39 Å². The number of ether oxygens (including phenoxy) is 2. The smallest absolute Gasteiger partial charge is 0.310 e. The van der Waals surface area contributed by atoms with E-state index >= 15 is 0 Å². The molecule has 1 atom stereocenters. The van der Waals surface area contributed by atoms with Crippen molar-refractivity contribution in [2.45, 2.75) is 45.3 Å². The summed E-state index contributed by atoms with van der Waals surface area (Å²) in [6.07, 6.45) is 0.662. The molecule has 5 heteroatoms. The van der Waals surface area contributed by atoms with Gasteiger partial charge in [-0.15, -0.1) is 0 Å². The van der Waals surface area contributed by atoms with Crippen molar-refractivity contribution in [3.8, 4) is 11.5 Å². The fourth-order valence-corrected chi connectivity index (χ4v) is 3.01. The number of fused-ring (bicyclic) bond motifs is 1. The van der Waals surface area contributed by atoms with Gasteiger partial charge in [-0.1, -0.05) is 12.1 Å². The fourth-order valence-electron chi connectivity index (χ4n) is 3.01. The highest BCUT2D eigenvalue weighted by Crippen LogP contribution is 2.38. The number of carboxylic acid groups (broad SMARTS) is 1. The lowest BCUT2D eigenvalue weighted by atomic mass is 10.0. The molecule has 2 aromatic rings. The molecule has 1 aliphatic rings. The van der Waals surface area contributed by atoms with Gasteiger partial charge in [0.2, 0.25) is 0 Å². The van der Waals surface area contributed by atoms with Crippen LogP contribution in [0.1, 0.15) is 43.4 Å². The Morgan fingerprint density at radius 2 is 2.00 bits per heavy atom. The molecule has 25 heavy (non-hydrogen) atoms. The number of carbonyl (C=O) groups is 1. The number of carboxylic acids is 1. The molecule has 0 fully saturated rings. The largest absolute Gasteiger partial charge is 0.489 e. The van der Waals surface area contributed by atoms with Gasteiger partial charge in [0, 0.05) is 17.5 Å². The summed E-state index contributed by atoms with van der Waals surface area (Å²) in [5.41, 5.74) is 1.88. The van der Waals surface area contributed by atoms with Crippen LogP contribution in [0.3, 0.4) is 0 Å². The number of aliphatic carboxylic acids is 1. The summed E-state index contributed by atoms with van der Waals surface area (Å²) in [4.78, 5) is 11.0. The number of benzene rings is 2. The lowest BCUT2D eigenvalue weighted by molar-refractivity contribution is -0.138. The summed E-state index contributed by atoms with van der Waals surface area (Å²) in [5.74, 6) is -0.455. The van der Waals surface area contributed by atoms with Gasteiger partial charge in [-0.3, -0.25) is 4.79 Å². The SMILES string of the molecule is CC(C(=O)O)c1ccc(OCc2cc(F)cc3c2OC(C)(C)C3)cc1. The van der Waals surface area contributed by atoms with E-state index in [0.29, 0.717) is 29.0 Å². The Kier molecular flexibility index (Phi) is 4.41. The quantitative estimate of drug-likeness (QED) is 0.878. The van der Waals surface area contributed by atoms with Gasteiger partial charge < -0.3 is 14.6 Å². The van der Waals surface area contributed by atoms with Crippen molar-refractivity contribution in [2.24, 2.45) is 0 Å². The number of hydrogen-bond acceptors (Lipinski definition) is 3. The molecule has 3 rings (SSSR count). The van der Waals surface area contributed by atoms with E-state index in [4.69, 9.17) is 14.6 Å². The molecule has 1 N–H and O–H groups in total. The summed E-state index contributed by atoms with van der Waals surface area (Å²) in [5, 5.41) is 9.03. The monoisotopic (exact) mass is 344 g/mol. The Bertz CT molecular complexity index is 796. The van der Waals surface area contributed by atoms with Crippen molar-refractivity contribution in [2.75, 3.05) is 0 Å². The Balaban J connectivity index is 1.74. The van der Waals surface area contributed by atoms with Gasteiger partial charge in [-0.05, 0) is 50.6 Å². The molecule has 0 bridgehead atoms. The molecule has 0 saturated heterocycles. The lowest BCUT2D eigenvalue weighted by Gasteiger charge is -2.18. The highest BCUT2D eigenvalue weighted by atomic mass is 19.1. The van der Waals surface area contributed by atoms with Crippen molar-refractivity contribution in [1.29, 1.82) is 0 Å². The van der Waals surface area contributed by atoms with Crippen LogP contribution >= 0.6 is 0 Å². The average Bonchev–Trinajstić information content (AvgIpc) is 2.86.